The Bertz CT molecular complexity index is 1400. The molecule has 0 saturated carbocycles. The van der Waals surface area contributed by atoms with Crippen LogP contribution in [0, 0.1) is 11.3 Å². The third-order valence-electron chi connectivity index (χ3n) is 8.86. The molecule has 0 N–H and O–H groups in total. The maximum absolute atomic E-state index is 4.82. The molecule has 0 spiro atoms. The molecule has 5 unspecified atom stereocenters. The van der Waals surface area contributed by atoms with Crippen molar-refractivity contribution in [2.24, 2.45) is 11.3 Å². The molecule has 3 aromatic rings. The highest BCUT2D eigenvalue weighted by molar-refractivity contribution is 5.86. The summed E-state index contributed by atoms with van der Waals surface area (Å²) in [6.07, 6.45) is 8.20. The number of rotatable bonds is 0. The average molecular weight is 463 g/mol. The van der Waals surface area contributed by atoms with Crippen molar-refractivity contribution in [2.75, 3.05) is 28.8 Å². The van der Waals surface area contributed by atoms with Gasteiger partial charge in [-0.1, -0.05) is 56.8 Å². The van der Waals surface area contributed by atoms with Crippen LogP contribution in [0.5, 0.6) is 0 Å². The number of allylic oxidation sites excluding steroid dienone is 1. The van der Waals surface area contributed by atoms with Crippen LogP contribution < -0.4 is 14.7 Å². The molecule has 1 aromatic heterocycles. The van der Waals surface area contributed by atoms with Crippen LogP contribution in [0.2, 0.25) is 0 Å². The number of hydrogen-bond acceptors (Lipinski definition) is 6. The lowest BCUT2D eigenvalue weighted by molar-refractivity contribution is 0.0715. The lowest BCUT2D eigenvalue weighted by atomic mass is 9.62. The molecule has 4 aliphatic heterocycles. The quantitative estimate of drug-likeness (QED) is 0.445. The Morgan fingerprint density at radius 2 is 1.66 bits per heavy atom. The molecule has 6 heteroatoms. The van der Waals surface area contributed by atoms with Gasteiger partial charge < -0.3 is 19.6 Å². The van der Waals surface area contributed by atoms with Crippen molar-refractivity contribution in [3.63, 3.8) is 0 Å². The standard InChI is InChI=1S/C29H30N6/c1-18-20-10-6-8-12-22(20)34-15-14-32(4)27(34)29(3)25(18)19(2)21-11-7-9-13-23(21)35-24-16-30-17-31-26(24)33(5)28(29)35/h6-17,19,25,27-28H,1H2,2-5H3. The van der Waals surface area contributed by atoms with Crippen molar-refractivity contribution in [3.8, 4) is 0 Å². The molecule has 6 nitrogen and oxygen atoms in total. The number of aromatic nitrogens is 2. The van der Waals surface area contributed by atoms with Crippen LogP contribution in [0.15, 0.2) is 80.0 Å². The van der Waals surface area contributed by atoms with E-state index in [4.69, 9.17) is 11.6 Å². The summed E-state index contributed by atoms with van der Waals surface area (Å²) in [5.41, 5.74) is 7.05. The van der Waals surface area contributed by atoms with Gasteiger partial charge in [0.2, 0.25) is 0 Å². The van der Waals surface area contributed by atoms with Crippen LogP contribution in [0.4, 0.5) is 22.9 Å². The lowest BCUT2D eigenvalue weighted by Crippen LogP contribution is -2.64. The molecule has 4 aliphatic rings. The molecule has 5 atom stereocenters. The van der Waals surface area contributed by atoms with Crippen LogP contribution in [-0.4, -0.2) is 41.3 Å². The molecule has 35 heavy (non-hydrogen) atoms. The summed E-state index contributed by atoms with van der Waals surface area (Å²) in [7, 11) is 4.39. The Kier molecular flexibility index (Phi) is 4.04. The van der Waals surface area contributed by atoms with Gasteiger partial charge in [-0.05, 0) is 29.2 Å². The van der Waals surface area contributed by atoms with Crippen LogP contribution in [0.3, 0.4) is 0 Å². The average Bonchev–Trinajstić information content (AvgIpc) is 3.37. The summed E-state index contributed by atoms with van der Waals surface area (Å²) in [5, 5.41) is 0. The van der Waals surface area contributed by atoms with Gasteiger partial charge in [0.15, 0.2) is 5.82 Å². The van der Waals surface area contributed by atoms with Crippen molar-refractivity contribution < 1.29 is 0 Å². The fourth-order valence-electron chi connectivity index (χ4n) is 7.70. The van der Waals surface area contributed by atoms with Gasteiger partial charge in [0.1, 0.15) is 24.3 Å². The minimum atomic E-state index is -0.262. The Morgan fingerprint density at radius 3 is 2.49 bits per heavy atom. The number of para-hydroxylation sites is 2. The van der Waals surface area contributed by atoms with Gasteiger partial charge in [0, 0.05) is 43.7 Å². The Balaban J connectivity index is 1.58. The smallest absolute Gasteiger partial charge is 0.157 e. The van der Waals surface area contributed by atoms with Gasteiger partial charge >= 0.3 is 0 Å². The number of fused-ring (bicyclic) bond motifs is 11. The van der Waals surface area contributed by atoms with Crippen molar-refractivity contribution in [3.05, 3.63) is 91.2 Å². The molecule has 176 valence electrons. The molecule has 2 aromatic carbocycles. The van der Waals surface area contributed by atoms with Gasteiger partial charge in [0.25, 0.3) is 0 Å². The first-order valence-corrected chi connectivity index (χ1v) is 12.3. The zero-order valence-electron chi connectivity index (χ0n) is 20.6. The fraction of sp³-hybridized carbons (Fsp3) is 0.310. The second kappa shape index (κ2) is 6.87. The summed E-state index contributed by atoms with van der Waals surface area (Å²) < 4.78 is 0. The van der Waals surface area contributed by atoms with Crippen molar-refractivity contribution in [1.82, 2.24) is 14.9 Å². The van der Waals surface area contributed by atoms with E-state index in [0.717, 1.165) is 11.5 Å². The zero-order chi connectivity index (χ0) is 24.1. The van der Waals surface area contributed by atoms with Crippen molar-refractivity contribution >= 4 is 28.5 Å². The largest absolute Gasteiger partial charge is 0.358 e. The second-order valence-corrected chi connectivity index (χ2v) is 10.6. The summed E-state index contributed by atoms with van der Waals surface area (Å²) in [6.45, 7) is 9.67. The molecule has 0 bridgehead atoms. The van der Waals surface area contributed by atoms with Crippen LogP contribution in [-0.2, 0) is 0 Å². The highest BCUT2D eigenvalue weighted by Gasteiger charge is 2.63. The summed E-state index contributed by atoms with van der Waals surface area (Å²) in [6, 6.07) is 17.6. The first-order valence-electron chi connectivity index (χ1n) is 12.3. The molecular formula is C29H30N6. The minimum Gasteiger partial charge on any atom is -0.358 e. The number of nitrogens with zero attached hydrogens (tertiary/aromatic N) is 6. The van der Waals surface area contributed by atoms with E-state index in [1.165, 1.54) is 28.1 Å². The van der Waals surface area contributed by atoms with Gasteiger partial charge in [-0.3, -0.25) is 0 Å². The predicted octanol–water partition coefficient (Wildman–Crippen LogP) is 5.41. The number of anilines is 4. The van der Waals surface area contributed by atoms with Crippen molar-refractivity contribution in [1.29, 1.82) is 0 Å². The van der Waals surface area contributed by atoms with Gasteiger partial charge in [-0.2, -0.15) is 0 Å². The van der Waals surface area contributed by atoms with E-state index in [1.54, 1.807) is 6.33 Å². The van der Waals surface area contributed by atoms with E-state index in [-0.39, 0.29) is 29.6 Å². The Morgan fingerprint density at radius 1 is 0.914 bits per heavy atom. The Labute approximate surface area is 206 Å². The number of benzene rings is 2. The second-order valence-electron chi connectivity index (χ2n) is 10.6. The maximum atomic E-state index is 4.82. The van der Waals surface area contributed by atoms with Gasteiger partial charge in [-0.25, -0.2) is 9.97 Å². The monoisotopic (exact) mass is 462 g/mol. The summed E-state index contributed by atoms with van der Waals surface area (Å²) in [4.78, 5) is 18.9. The normalized spacial score (nSPS) is 30.1. The van der Waals surface area contributed by atoms with E-state index in [0.29, 0.717) is 0 Å². The summed E-state index contributed by atoms with van der Waals surface area (Å²) >= 11 is 0. The van der Waals surface area contributed by atoms with E-state index in [2.05, 4.69) is 113 Å². The maximum Gasteiger partial charge on any atom is 0.157 e. The molecular weight excluding hydrogens is 432 g/mol. The van der Waals surface area contributed by atoms with Crippen LogP contribution >= 0.6 is 0 Å². The molecule has 0 aliphatic carbocycles. The van der Waals surface area contributed by atoms with E-state index in [9.17, 15) is 0 Å². The zero-order valence-corrected chi connectivity index (χ0v) is 20.6. The van der Waals surface area contributed by atoms with Crippen LogP contribution in [0.1, 0.15) is 30.9 Å². The fourth-order valence-corrected chi connectivity index (χ4v) is 7.70. The molecule has 7 rings (SSSR count). The molecule has 5 heterocycles. The first-order chi connectivity index (χ1) is 16.9. The number of hydrogen-bond donors (Lipinski definition) is 0. The first kappa shape index (κ1) is 20.6. The molecule has 0 radical (unpaired) electrons. The van der Waals surface area contributed by atoms with Gasteiger partial charge in [0.05, 0.1) is 17.3 Å². The van der Waals surface area contributed by atoms with E-state index >= 15 is 0 Å². The van der Waals surface area contributed by atoms with E-state index in [1.807, 2.05) is 6.20 Å². The highest BCUT2D eigenvalue weighted by atomic mass is 15.5. The van der Waals surface area contributed by atoms with E-state index < -0.39 is 0 Å². The van der Waals surface area contributed by atoms with Crippen molar-refractivity contribution in [2.45, 2.75) is 32.1 Å². The molecule has 0 fully saturated rings. The third kappa shape index (κ3) is 2.39. The third-order valence-corrected chi connectivity index (χ3v) is 8.86. The summed E-state index contributed by atoms with van der Waals surface area (Å²) in [5.74, 6) is 1.42. The molecule has 0 amide bonds. The van der Waals surface area contributed by atoms with Gasteiger partial charge in [-0.15, -0.1) is 0 Å². The Hall–Kier alpha value is -3.80. The topological polar surface area (TPSA) is 38.7 Å². The molecule has 0 saturated heterocycles. The predicted molar refractivity (Wildman–Crippen MR) is 141 cm³/mol. The minimum absolute atomic E-state index is 0.0196. The highest BCUT2D eigenvalue weighted by Crippen LogP contribution is 2.63. The van der Waals surface area contributed by atoms with Crippen LogP contribution in [0.25, 0.3) is 5.57 Å². The SMILES string of the molecule is C=C1c2ccccc2N2C=CN(C)C2C2(C)C1C(C)c1ccccc1N1c3cncnc3N(C)C12. The lowest BCUT2D eigenvalue weighted by Gasteiger charge is -2.53.